The van der Waals surface area contributed by atoms with Crippen molar-refractivity contribution in [3.63, 3.8) is 0 Å². The molecule has 68 valence electrons. The summed E-state index contributed by atoms with van der Waals surface area (Å²) in [5.41, 5.74) is 0.483. The highest BCUT2D eigenvalue weighted by Crippen LogP contribution is 2.42. The van der Waals surface area contributed by atoms with Crippen molar-refractivity contribution in [2.75, 3.05) is 19.7 Å². The molecule has 0 radical (unpaired) electrons. The van der Waals surface area contributed by atoms with Gasteiger partial charge in [-0.05, 0) is 31.4 Å². The van der Waals surface area contributed by atoms with Crippen LogP contribution in [0.5, 0.6) is 0 Å². The Morgan fingerprint density at radius 3 is 3.08 bits per heavy atom. The molecule has 0 aromatic rings. The quantitative estimate of drug-likeness (QED) is 0.638. The maximum Gasteiger partial charge on any atom is 0.0878 e. The van der Waals surface area contributed by atoms with Crippen molar-refractivity contribution in [3.8, 4) is 0 Å². The van der Waals surface area contributed by atoms with Crippen LogP contribution in [0.25, 0.3) is 0 Å². The van der Waals surface area contributed by atoms with E-state index in [1.807, 2.05) is 0 Å². The van der Waals surface area contributed by atoms with Gasteiger partial charge in [0, 0.05) is 6.54 Å². The van der Waals surface area contributed by atoms with Gasteiger partial charge in [0.05, 0.1) is 18.5 Å². The SMILES string of the molecule is OCC12CCCN1CC/C2=C\F. The molecule has 0 aromatic carbocycles. The van der Waals surface area contributed by atoms with Crippen LogP contribution in [0.2, 0.25) is 0 Å². The number of aliphatic hydroxyl groups excluding tert-OH is 1. The molecule has 2 heterocycles. The zero-order valence-electron chi connectivity index (χ0n) is 7.09. The first kappa shape index (κ1) is 8.20. The number of hydrogen-bond donors (Lipinski definition) is 1. The molecular weight excluding hydrogens is 157 g/mol. The molecular formula is C9H14FNO. The Morgan fingerprint density at radius 1 is 1.58 bits per heavy atom. The molecule has 0 aliphatic carbocycles. The Labute approximate surface area is 71.7 Å². The highest BCUT2D eigenvalue weighted by Gasteiger charge is 2.47. The molecule has 0 aromatic heterocycles. The van der Waals surface area contributed by atoms with Crippen molar-refractivity contribution in [2.24, 2.45) is 0 Å². The predicted molar refractivity (Wildman–Crippen MR) is 44.4 cm³/mol. The lowest BCUT2D eigenvalue weighted by molar-refractivity contribution is 0.122. The van der Waals surface area contributed by atoms with E-state index in [9.17, 15) is 9.50 Å². The molecule has 0 bridgehead atoms. The zero-order chi connectivity index (χ0) is 8.60. The van der Waals surface area contributed by atoms with Gasteiger partial charge in [0.25, 0.3) is 0 Å². The second-order valence-electron chi connectivity index (χ2n) is 3.66. The van der Waals surface area contributed by atoms with E-state index in [0.717, 1.165) is 37.9 Å². The van der Waals surface area contributed by atoms with Crippen LogP contribution in [0.3, 0.4) is 0 Å². The topological polar surface area (TPSA) is 23.5 Å². The highest BCUT2D eigenvalue weighted by molar-refractivity contribution is 5.26. The number of fused-ring (bicyclic) bond motifs is 1. The maximum absolute atomic E-state index is 12.5. The fraction of sp³-hybridized carbons (Fsp3) is 0.778. The third kappa shape index (κ3) is 0.866. The summed E-state index contributed by atoms with van der Waals surface area (Å²) in [5.74, 6) is 0. The molecule has 3 heteroatoms. The molecule has 12 heavy (non-hydrogen) atoms. The number of aliphatic hydroxyl groups is 1. The lowest BCUT2D eigenvalue weighted by atomic mass is 9.91. The van der Waals surface area contributed by atoms with Gasteiger partial charge in [-0.25, -0.2) is 4.39 Å². The Bertz CT molecular complexity index is 217. The fourth-order valence-electron chi connectivity index (χ4n) is 2.55. The van der Waals surface area contributed by atoms with Crippen LogP contribution in [-0.2, 0) is 0 Å². The van der Waals surface area contributed by atoms with Crippen molar-refractivity contribution in [1.29, 1.82) is 0 Å². The summed E-state index contributed by atoms with van der Waals surface area (Å²) in [6.07, 6.45) is 3.48. The molecule has 1 atom stereocenters. The molecule has 0 saturated carbocycles. The van der Waals surface area contributed by atoms with E-state index in [1.54, 1.807) is 0 Å². The summed E-state index contributed by atoms with van der Waals surface area (Å²) in [5, 5.41) is 9.28. The van der Waals surface area contributed by atoms with Gasteiger partial charge < -0.3 is 5.11 Å². The molecule has 2 fully saturated rings. The van der Waals surface area contributed by atoms with Crippen molar-refractivity contribution >= 4 is 0 Å². The molecule has 2 aliphatic rings. The van der Waals surface area contributed by atoms with Crippen LogP contribution in [0.4, 0.5) is 4.39 Å². The predicted octanol–water partition coefficient (Wildman–Crippen LogP) is 1.07. The van der Waals surface area contributed by atoms with E-state index >= 15 is 0 Å². The minimum absolute atomic E-state index is 0.0722. The minimum Gasteiger partial charge on any atom is -0.394 e. The van der Waals surface area contributed by atoms with Crippen LogP contribution in [0, 0.1) is 0 Å². The van der Waals surface area contributed by atoms with Crippen molar-refractivity contribution in [1.82, 2.24) is 4.90 Å². The Hall–Kier alpha value is -0.410. The molecule has 0 amide bonds. The van der Waals surface area contributed by atoms with Crippen LogP contribution in [0.1, 0.15) is 19.3 Å². The van der Waals surface area contributed by atoms with Gasteiger partial charge in [-0.15, -0.1) is 0 Å². The number of rotatable bonds is 1. The van der Waals surface area contributed by atoms with E-state index in [4.69, 9.17) is 0 Å². The van der Waals surface area contributed by atoms with Crippen molar-refractivity contribution in [2.45, 2.75) is 24.8 Å². The van der Waals surface area contributed by atoms with Crippen molar-refractivity contribution < 1.29 is 9.50 Å². The summed E-state index contributed by atoms with van der Waals surface area (Å²) in [6.45, 7) is 2.00. The first-order valence-corrected chi connectivity index (χ1v) is 4.49. The van der Waals surface area contributed by atoms with Gasteiger partial charge in [-0.3, -0.25) is 4.90 Å². The number of hydrogen-bond acceptors (Lipinski definition) is 2. The standard InChI is InChI=1S/C9H14FNO/c10-6-8-2-5-11-4-1-3-9(8,11)7-12/h6,12H,1-5,7H2/b8-6+. The van der Waals surface area contributed by atoms with Gasteiger partial charge in [0.2, 0.25) is 0 Å². The van der Waals surface area contributed by atoms with Gasteiger partial charge in [0.15, 0.2) is 0 Å². The smallest absolute Gasteiger partial charge is 0.0878 e. The Morgan fingerprint density at radius 2 is 2.42 bits per heavy atom. The second kappa shape index (κ2) is 2.82. The second-order valence-corrected chi connectivity index (χ2v) is 3.66. The average Bonchev–Trinajstić information content (AvgIpc) is 2.60. The average molecular weight is 171 g/mol. The Kier molecular flexibility index (Phi) is 1.93. The van der Waals surface area contributed by atoms with Gasteiger partial charge in [-0.2, -0.15) is 0 Å². The van der Waals surface area contributed by atoms with Crippen LogP contribution >= 0.6 is 0 Å². The fourth-order valence-corrected chi connectivity index (χ4v) is 2.55. The normalized spacial score (nSPS) is 39.3. The summed E-state index contributed by atoms with van der Waals surface area (Å²) in [7, 11) is 0. The molecule has 2 rings (SSSR count). The summed E-state index contributed by atoms with van der Waals surface area (Å²) in [4.78, 5) is 2.21. The summed E-state index contributed by atoms with van der Waals surface area (Å²) in [6, 6.07) is 0. The molecule has 2 nitrogen and oxygen atoms in total. The molecule has 1 unspecified atom stereocenters. The largest absolute Gasteiger partial charge is 0.394 e. The lowest BCUT2D eigenvalue weighted by Crippen LogP contribution is -2.42. The first-order chi connectivity index (χ1) is 5.83. The lowest BCUT2D eigenvalue weighted by Gasteiger charge is -2.30. The molecule has 2 aliphatic heterocycles. The molecule has 1 N–H and O–H groups in total. The maximum atomic E-state index is 12.5. The van der Waals surface area contributed by atoms with Gasteiger partial charge >= 0.3 is 0 Å². The van der Waals surface area contributed by atoms with E-state index in [-0.39, 0.29) is 12.1 Å². The van der Waals surface area contributed by atoms with Crippen LogP contribution in [0.15, 0.2) is 11.9 Å². The third-order valence-corrected chi connectivity index (χ3v) is 3.27. The number of halogens is 1. The Balaban J connectivity index is 2.31. The van der Waals surface area contributed by atoms with E-state index in [1.165, 1.54) is 0 Å². The zero-order valence-corrected chi connectivity index (χ0v) is 7.09. The summed E-state index contributed by atoms with van der Waals surface area (Å²) >= 11 is 0. The van der Waals surface area contributed by atoms with Crippen LogP contribution in [-0.4, -0.2) is 35.2 Å². The van der Waals surface area contributed by atoms with E-state index < -0.39 is 0 Å². The van der Waals surface area contributed by atoms with Crippen molar-refractivity contribution in [3.05, 3.63) is 11.9 Å². The van der Waals surface area contributed by atoms with Gasteiger partial charge in [0.1, 0.15) is 0 Å². The monoisotopic (exact) mass is 171 g/mol. The molecule has 0 spiro atoms. The number of nitrogens with zero attached hydrogens (tertiary/aromatic N) is 1. The van der Waals surface area contributed by atoms with E-state index in [2.05, 4.69) is 4.90 Å². The third-order valence-electron chi connectivity index (χ3n) is 3.27. The van der Waals surface area contributed by atoms with Crippen LogP contribution < -0.4 is 0 Å². The van der Waals surface area contributed by atoms with Gasteiger partial charge in [-0.1, -0.05) is 0 Å². The highest BCUT2D eigenvalue weighted by atomic mass is 19.1. The van der Waals surface area contributed by atoms with E-state index in [0.29, 0.717) is 6.33 Å². The molecule has 2 saturated heterocycles. The summed E-state index contributed by atoms with van der Waals surface area (Å²) < 4.78 is 12.5. The first-order valence-electron chi connectivity index (χ1n) is 4.49. The minimum atomic E-state index is -0.311.